The van der Waals surface area contributed by atoms with Crippen molar-refractivity contribution in [1.82, 2.24) is 25.1 Å². The van der Waals surface area contributed by atoms with Gasteiger partial charge in [0.05, 0.1) is 5.56 Å². The Morgan fingerprint density at radius 2 is 1.95 bits per heavy atom. The van der Waals surface area contributed by atoms with E-state index in [-0.39, 0.29) is 11.6 Å². The average molecular weight is 293 g/mol. The summed E-state index contributed by atoms with van der Waals surface area (Å²) >= 11 is 0. The SMILES string of the molecule is Cc1nc(C)c(C(C)NCCN2CCN(C)CC2)c(=O)[nH]1. The van der Waals surface area contributed by atoms with E-state index in [0.29, 0.717) is 5.82 Å². The van der Waals surface area contributed by atoms with Crippen LogP contribution in [0.2, 0.25) is 0 Å². The van der Waals surface area contributed by atoms with E-state index in [4.69, 9.17) is 0 Å². The Morgan fingerprint density at radius 1 is 1.29 bits per heavy atom. The molecule has 0 amide bonds. The predicted molar refractivity (Wildman–Crippen MR) is 84.7 cm³/mol. The molecule has 1 aliphatic rings. The third-order valence-corrected chi connectivity index (χ3v) is 4.17. The molecule has 1 saturated heterocycles. The van der Waals surface area contributed by atoms with E-state index in [1.165, 1.54) is 0 Å². The van der Waals surface area contributed by atoms with Gasteiger partial charge < -0.3 is 15.2 Å². The second-order valence-electron chi connectivity index (χ2n) is 5.97. The number of rotatable bonds is 5. The zero-order chi connectivity index (χ0) is 15.4. The van der Waals surface area contributed by atoms with Gasteiger partial charge in [-0.3, -0.25) is 9.69 Å². The average Bonchev–Trinajstić information content (AvgIpc) is 2.40. The number of hydrogen-bond donors (Lipinski definition) is 2. The van der Waals surface area contributed by atoms with E-state index in [0.717, 1.165) is 50.5 Å². The van der Waals surface area contributed by atoms with Crippen LogP contribution in [0.3, 0.4) is 0 Å². The van der Waals surface area contributed by atoms with Crippen LogP contribution in [0.25, 0.3) is 0 Å². The maximum atomic E-state index is 12.1. The number of aromatic amines is 1. The van der Waals surface area contributed by atoms with Gasteiger partial charge in [-0.15, -0.1) is 0 Å². The number of piperazine rings is 1. The first kappa shape index (κ1) is 16.1. The minimum atomic E-state index is -0.0282. The zero-order valence-corrected chi connectivity index (χ0v) is 13.6. The van der Waals surface area contributed by atoms with Crippen LogP contribution < -0.4 is 10.9 Å². The second kappa shape index (κ2) is 7.15. The molecule has 0 aliphatic carbocycles. The molecule has 21 heavy (non-hydrogen) atoms. The molecule has 6 heteroatoms. The summed E-state index contributed by atoms with van der Waals surface area (Å²) in [5.41, 5.74) is 1.54. The van der Waals surface area contributed by atoms with E-state index in [1.54, 1.807) is 0 Å². The third-order valence-electron chi connectivity index (χ3n) is 4.17. The molecule has 118 valence electrons. The summed E-state index contributed by atoms with van der Waals surface area (Å²) in [6, 6.07) is 0.0225. The molecule has 0 spiro atoms. The zero-order valence-electron chi connectivity index (χ0n) is 13.6. The Kier molecular flexibility index (Phi) is 5.50. The fraction of sp³-hybridized carbons (Fsp3) is 0.733. The van der Waals surface area contributed by atoms with Gasteiger partial charge in [-0.05, 0) is 27.8 Å². The lowest BCUT2D eigenvalue weighted by molar-refractivity contribution is 0.154. The molecule has 1 aromatic heterocycles. The Labute approximate surface area is 126 Å². The standard InChI is InChI=1S/C15H27N5O/c1-11(14-12(2)17-13(3)18-15(14)21)16-5-6-20-9-7-19(4)8-10-20/h11,16H,5-10H2,1-4H3,(H,17,18,21). The molecular weight excluding hydrogens is 266 g/mol. The van der Waals surface area contributed by atoms with Crippen molar-refractivity contribution in [2.24, 2.45) is 0 Å². The summed E-state index contributed by atoms with van der Waals surface area (Å²) in [6.07, 6.45) is 0. The van der Waals surface area contributed by atoms with Crippen molar-refractivity contribution < 1.29 is 0 Å². The number of hydrogen-bond acceptors (Lipinski definition) is 5. The molecule has 0 aromatic carbocycles. The summed E-state index contributed by atoms with van der Waals surface area (Å²) in [4.78, 5) is 24.0. The number of aryl methyl sites for hydroxylation is 2. The summed E-state index contributed by atoms with van der Waals surface area (Å²) in [7, 11) is 2.16. The molecule has 2 rings (SSSR count). The van der Waals surface area contributed by atoms with Crippen LogP contribution in [-0.4, -0.2) is 66.1 Å². The number of H-pyrrole nitrogens is 1. The van der Waals surface area contributed by atoms with Gasteiger partial charge in [0.2, 0.25) is 0 Å². The first-order valence-electron chi connectivity index (χ1n) is 7.69. The van der Waals surface area contributed by atoms with Gasteiger partial charge in [0.1, 0.15) is 5.82 Å². The Morgan fingerprint density at radius 3 is 2.57 bits per heavy atom. The van der Waals surface area contributed by atoms with E-state index in [1.807, 2.05) is 20.8 Å². The first-order valence-corrected chi connectivity index (χ1v) is 7.69. The van der Waals surface area contributed by atoms with Crippen LogP contribution in [0.5, 0.6) is 0 Å². The van der Waals surface area contributed by atoms with Gasteiger partial charge in [0.15, 0.2) is 0 Å². The van der Waals surface area contributed by atoms with Crippen molar-refractivity contribution in [3.63, 3.8) is 0 Å². The van der Waals surface area contributed by atoms with Gasteiger partial charge in [0.25, 0.3) is 5.56 Å². The Hall–Kier alpha value is -1.24. The van der Waals surface area contributed by atoms with E-state index in [2.05, 4.69) is 32.1 Å². The molecule has 1 unspecified atom stereocenters. The van der Waals surface area contributed by atoms with Gasteiger partial charge in [-0.25, -0.2) is 4.98 Å². The molecule has 1 aliphatic heterocycles. The van der Waals surface area contributed by atoms with E-state index >= 15 is 0 Å². The van der Waals surface area contributed by atoms with Crippen LogP contribution in [0.4, 0.5) is 0 Å². The lowest BCUT2D eigenvalue weighted by Crippen LogP contribution is -2.46. The van der Waals surface area contributed by atoms with E-state index in [9.17, 15) is 4.79 Å². The molecule has 2 heterocycles. The molecule has 1 aromatic rings. The highest BCUT2D eigenvalue weighted by atomic mass is 16.1. The largest absolute Gasteiger partial charge is 0.310 e. The highest BCUT2D eigenvalue weighted by Crippen LogP contribution is 2.10. The summed E-state index contributed by atoms with van der Waals surface area (Å²) < 4.78 is 0. The van der Waals surface area contributed by atoms with Crippen molar-refractivity contribution in [3.8, 4) is 0 Å². The molecule has 1 atom stereocenters. The first-order chi connectivity index (χ1) is 9.97. The summed E-state index contributed by atoms with van der Waals surface area (Å²) in [5, 5.41) is 3.44. The fourth-order valence-corrected chi connectivity index (χ4v) is 2.86. The van der Waals surface area contributed by atoms with Crippen LogP contribution in [0, 0.1) is 13.8 Å². The number of aromatic nitrogens is 2. The summed E-state index contributed by atoms with van der Waals surface area (Å²) in [6.45, 7) is 12.2. The van der Waals surface area contributed by atoms with Crippen molar-refractivity contribution >= 4 is 0 Å². The second-order valence-corrected chi connectivity index (χ2v) is 5.97. The van der Waals surface area contributed by atoms with Crippen LogP contribution in [-0.2, 0) is 0 Å². The van der Waals surface area contributed by atoms with Crippen molar-refractivity contribution in [1.29, 1.82) is 0 Å². The maximum absolute atomic E-state index is 12.1. The number of nitrogens with one attached hydrogen (secondary N) is 2. The van der Waals surface area contributed by atoms with Crippen molar-refractivity contribution in [3.05, 3.63) is 27.4 Å². The van der Waals surface area contributed by atoms with Crippen molar-refractivity contribution in [2.45, 2.75) is 26.8 Å². The van der Waals surface area contributed by atoms with Gasteiger partial charge >= 0.3 is 0 Å². The number of nitrogens with zero attached hydrogens (tertiary/aromatic N) is 3. The molecule has 6 nitrogen and oxygen atoms in total. The van der Waals surface area contributed by atoms with Crippen LogP contribution in [0.1, 0.15) is 30.0 Å². The molecule has 0 radical (unpaired) electrons. The van der Waals surface area contributed by atoms with Gasteiger partial charge in [-0.1, -0.05) is 0 Å². The molecule has 0 saturated carbocycles. The maximum Gasteiger partial charge on any atom is 0.255 e. The smallest absolute Gasteiger partial charge is 0.255 e. The molecule has 1 fully saturated rings. The molecule has 2 N–H and O–H groups in total. The quantitative estimate of drug-likeness (QED) is 0.817. The summed E-state index contributed by atoms with van der Waals surface area (Å²) in [5.74, 6) is 0.672. The topological polar surface area (TPSA) is 64.3 Å². The molecular formula is C15H27N5O. The van der Waals surface area contributed by atoms with Crippen molar-refractivity contribution in [2.75, 3.05) is 46.3 Å². The highest BCUT2D eigenvalue weighted by Gasteiger charge is 2.16. The van der Waals surface area contributed by atoms with Gasteiger partial charge in [-0.2, -0.15) is 0 Å². The minimum absolute atomic E-state index is 0.0225. The Bertz CT molecular complexity index is 519. The lowest BCUT2D eigenvalue weighted by Gasteiger charge is -2.32. The third kappa shape index (κ3) is 4.36. The molecule has 0 bridgehead atoms. The van der Waals surface area contributed by atoms with E-state index < -0.39 is 0 Å². The van der Waals surface area contributed by atoms with Crippen LogP contribution in [0.15, 0.2) is 4.79 Å². The monoisotopic (exact) mass is 293 g/mol. The lowest BCUT2D eigenvalue weighted by atomic mass is 10.1. The minimum Gasteiger partial charge on any atom is -0.310 e. The highest BCUT2D eigenvalue weighted by molar-refractivity contribution is 5.19. The van der Waals surface area contributed by atoms with Gasteiger partial charge in [0, 0.05) is 51.0 Å². The normalized spacial score (nSPS) is 18.9. The van der Waals surface area contributed by atoms with Crippen LogP contribution >= 0.6 is 0 Å². The fourth-order valence-electron chi connectivity index (χ4n) is 2.86. The Balaban J connectivity index is 1.85. The predicted octanol–water partition coefficient (Wildman–Crippen LogP) is 0.285. The number of likely N-dealkylation sites (N-methyl/N-ethyl adjacent to an activating group) is 1.